The summed E-state index contributed by atoms with van der Waals surface area (Å²) in [5.41, 5.74) is -0.282. The van der Waals surface area contributed by atoms with E-state index in [4.69, 9.17) is 0 Å². The lowest BCUT2D eigenvalue weighted by atomic mass is 9.85. The van der Waals surface area contributed by atoms with Crippen LogP contribution < -0.4 is 0 Å². The maximum Gasteiger partial charge on any atom is 0.389 e. The summed E-state index contributed by atoms with van der Waals surface area (Å²) in [5.74, 6) is 0. The summed E-state index contributed by atoms with van der Waals surface area (Å²) < 4.78 is 35.1. The fourth-order valence-corrected chi connectivity index (χ4v) is 0.605. The second kappa shape index (κ2) is 3.46. The van der Waals surface area contributed by atoms with Crippen LogP contribution in [0.2, 0.25) is 0 Å². The van der Waals surface area contributed by atoms with Crippen LogP contribution in [-0.2, 0) is 0 Å². The third-order valence-corrected chi connectivity index (χ3v) is 1.76. The smallest absolute Gasteiger partial charge is 0.171 e. The van der Waals surface area contributed by atoms with Crippen LogP contribution in [-0.4, -0.2) is 6.18 Å². The molecule has 0 fully saturated rings. The Hall–Kier alpha value is -0.210. The van der Waals surface area contributed by atoms with Crippen molar-refractivity contribution in [2.75, 3.05) is 0 Å². The van der Waals surface area contributed by atoms with Crippen molar-refractivity contribution >= 4 is 0 Å². The molecule has 3 heteroatoms. The van der Waals surface area contributed by atoms with E-state index in [1.807, 2.05) is 0 Å². The van der Waals surface area contributed by atoms with Crippen LogP contribution in [0.15, 0.2) is 0 Å². The van der Waals surface area contributed by atoms with E-state index in [0.717, 1.165) is 0 Å². The Balaban J connectivity index is 3.70. The van der Waals surface area contributed by atoms with E-state index in [1.165, 1.54) is 0 Å². The third-order valence-electron chi connectivity index (χ3n) is 1.76. The molecule has 0 bridgehead atoms. The highest BCUT2D eigenvalue weighted by Gasteiger charge is 2.30. The first-order chi connectivity index (χ1) is 4.77. The minimum absolute atomic E-state index is 0.167. The molecule has 0 aliphatic heterocycles. The van der Waals surface area contributed by atoms with E-state index < -0.39 is 12.6 Å². The van der Waals surface area contributed by atoms with Crippen LogP contribution in [0.5, 0.6) is 0 Å². The van der Waals surface area contributed by atoms with Crippen molar-refractivity contribution in [1.82, 2.24) is 0 Å². The highest BCUT2D eigenvalue weighted by molar-refractivity contribution is 4.71. The van der Waals surface area contributed by atoms with Gasteiger partial charge in [0.25, 0.3) is 0 Å². The predicted octanol–water partition coefficient (Wildman–Crippen LogP) is 3.58. The van der Waals surface area contributed by atoms with Gasteiger partial charge in [-0.3, -0.25) is 0 Å². The van der Waals surface area contributed by atoms with E-state index in [2.05, 4.69) is 6.92 Å². The Labute approximate surface area is 65.8 Å². The molecule has 0 spiro atoms. The minimum Gasteiger partial charge on any atom is -0.171 e. The standard InChI is InChI=1S/C8H14F3/c1-4-7(2,3)5-6-8(9,10)11/h1,4-6H2,2-3H3. The monoisotopic (exact) mass is 167 g/mol. The van der Waals surface area contributed by atoms with Crippen LogP contribution in [0.1, 0.15) is 33.1 Å². The van der Waals surface area contributed by atoms with E-state index in [1.54, 1.807) is 13.8 Å². The average molecular weight is 167 g/mol. The number of halogens is 3. The Morgan fingerprint density at radius 3 is 1.82 bits per heavy atom. The molecule has 0 saturated heterocycles. The summed E-state index contributed by atoms with van der Waals surface area (Å²) in [4.78, 5) is 0. The first kappa shape index (κ1) is 10.8. The zero-order valence-electron chi connectivity index (χ0n) is 6.96. The Kier molecular flexibility index (Phi) is 3.39. The van der Waals surface area contributed by atoms with Crippen molar-refractivity contribution in [3.63, 3.8) is 0 Å². The SMILES string of the molecule is [CH2]CC(C)(C)CCC(F)(F)F. The van der Waals surface area contributed by atoms with Gasteiger partial charge in [0.2, 0.25) is 0 Å². The highest BCUT2D eigenvalue weighted by atomic mass is 19.4. The lowest BCUT2D eigenvalue weighted by molar-refractivity contribution is -0.139. The second-order valence-electron chi connectivity index (χ2n) is 3.53. The summed E-state index contributed by atoms with van der Waals surface area (Å²) >= 11 is 0. The average Bonchev–Trinajstić information content (AvgIpc) is 1.83. The van der Waals surface area contributed by atoms with Crippen molar-refractivity contribution in [2.24, 2.45) is 5.41 Å². The van der Waals surface area contributed by atoms with Gasteiger partial charge in [0.1, 0.15) is 0 Å². The van der Waals surface area contributed by atoms with Gasteiger partial charge in [-0.05, 0) is 18.3 Å². The van der Waals surface area contributed by atoms with Crippen molar-refractivity contribution < 1.29 is 13.2 Å². The fraction of sp³-hybridized carbons (Fsp3) is 0.875. The second-order valence-corrected chi connectivity index (χ2v) is 3.53. The normalized spacial score (nSPS) is 13.6. The Morgan fingerprint density at radius 2 is 1.55 bits per heavy atom. The molecule has 0 aliphatic rings. The molecule has 0 unspecified atom stereocenters. The zero-order valence-corrected chi connectivity index (χ0v) is 6.96. The van der Waals surface area contributed by atoms with Gasteiger partial charge in [-0.2, -0.15) is 13.2 Å². The van der Waals surface area contributed by atoms with E-state index in [9.17, 15) is 13.2 Å². The maximum absolute atomic E-state index is 11.7. The van der Waals surface area contributed by atoms with E-state index >= 15 is 0 Å². The predicted molar refractivity (Wildman–Crippen MR) is 39.0 cm³/mol. The molecule has 0 amide bonds. The molecule has 0 N–H and O–H groups in total. The summed E-state index contributed by atoms with van der Waals surface area (Å²) in [6.07, 6.45) is -4.01. The van der Waals surface area contributed by atoms with Gasteiger partial charge in [0.05, 0.1) is 0 Å². The lowest BCUT2D eigenvalue weighted by Gasteiger charge is -2.22. The molecule has 0 aliphatic carbocycles. The quantitative estimate of drug-likeness (QED) is 0.602. The van der Waals surface area contributed by atoms with Crippen molar-refractivity contribution in [3.8, 4) is 0 Å². The Morgan fingerprint density at radius 1 is 1.09 bits per heavy atom. The molecule has 0 aromatic rings. The van der Waals surface area contributed by atoms with Crippen LogP contribution in [0, 0.1) is 12.3 Å². The molecule has 67 valence electrons. The van der Waals surface area contributed by atoms with Crippen LogP contribution in [0.4, 0.5) is 13.2 Å². The first-order valence-electron chi connectivity index (χ1n) is 3.63. The minimum atomic E-state index is -4.02. The van der Waals surface area contributed by atoms with Gasteiger partial charge in [-0.15, -0.1) is 0 Å². The van der Waals surface area contributed by atoms with Crippen molar-refractivity contribution in [3.05, 3.63) is 6.92 Å². The lowest BCUT2D eigenvalue weighted by Crippen LogP contribution is -2.16. The molecule has 1 radical (unpaired) electrons. The van der Waals surface area contributed by atoms with Gasteiger partial charge in [-0.1, -0.05) is 20.8 Å². The molecule has 0 aromatic carbocycles. The number of alkyl halides is 3. The molecule has 11 heavy (non-hydrogen) atoms. The molecule has 0 heterocycles. The largest absolute Gasteiger partial charge is 0.389 e. The van der Waals surface area contributed by atoms with Crippen molar-refractivity contribution in [1.29, 1.82) is 0 Å². The summed E-state index contributed by atoms with van der Waals surface area (Å²) in [5, 5.41) is 0. The van der Waals surface area contributed by atoms with Crippen LogP contribution in [0.25, 0.3) is 0 Å². The number of rotatable bonds is 3. The summed E-state index contributed by atoms with van der Waals surface area (Å²) in [7, 11) is 0. The molecule has 0 nitrogen and oxygen atoms in total. The molecular weight excluding hydrogens is 153 g/mol. The van der Waals surface area contributed by atoms with Crippen molar-refractivity contribution in [2.45, 2.75) is 39.3 Å². The number of hydrogen-bond acceptors (Lipinski definition) is 0. The molecule has 0 atom stereocenters. The maximum atomic E-state index is 11.7. The van der Waals surface area contributed by atoms with Gasteiger partial charge in [0.15, 0.2) is 0 Å². The van der Waals surface area contributed by atoms with E-state index in [0.29, 0.717) is 6.42 Å². The van der Waals surface area contributed by atoms with Crippen LogP contribution in [0.3, 0.4) is 0 Å². The zero-order chi connectivity index (χ0) is 9.12. The molecule has 0 rings (SSSR count). The van der Waals surface area contributed by atoms with Gasteiger partial charge in [-0.25, -0.2) is 0 Å². The first-order valence-corrected chi connectivity index (χ1v) is 3.63. The summed E-state index contributed by atoms with van der Waals surface area (Å²) in [6.45, 7) is 7.19. The third kappa shape index (κ3) is 6.20. The summed E-state index contributed by atoms with van der Waals surface area (Å²) in [6, 6.07) is 0. The molecule has 0 saturated carbocycles. The fourth-order valence-electron chi connectivity index (χ4n) is 0.605. The number of hydrogen-bond donors (Lipinski definition) is 0. The Bertz CT molecular complexity index is 113. The molecule has 0 aromatic heterocycles. The topological polar surface area (TPSA) is 0 Å². The van der Waals surface area contributed by atoms with Crippen LogP contribution >= 0.6 is 0 Å². The highest BCUT2D eigenvalue weighted by Crippen LogP contribution is 2.32. The van der Waals surface area contributed by atoms with Gasteiger partial charge < -0.3 is 0 Å². The van der Waals surface area contributed by atoms with Gasteiger partial charge in [0, 0.05) is 6.42 Å². The molecular formula is C8H14F3. The van der Waals surface area contributed by atoms with Gasteiger partial charge >= 0.3 is 6.18 Å². The van der Waals surface area contributed by atoms with E-state index in [-0.39, 0.29) is 11.8 Å².